The largest absolute Gasteiger partial charge is 0.489 e. The Kier molecular flexibility index (Phi) is 4.69. The number of fused-ring (bicyclic) bond motifs is 1. The van der Waals surface area contributed by atoms with Gasteiger partial charge in [0.05, 0.1) is 12.2 Å². The first-order valence-electron chi connectivity index (χ1n) is 7.26. The molecule has 3 aromatic rings. The minimum atomic E-state index is -0.893. The van der Waals surface area contributed by atoms with E-state index in [2.05, 4.69) is 0 Å². The van der Waals surface area contributed by atoms with E-state index in [1.165, 1.54) is 6.26 Å². The Labute approximate surface area is 148 Å². The number of rotatable bonds is 5. The molecule has 2 aromatic carbocycles. The molecule has 1 N–H and O–H groups in total. The van der Waals surface area contributed by atoms with Crippen molar-refractivity contribution in [1.82, 2.24) is 0 Å². The number of hydrogen-bond acceptors (Lipinski definition) is 3. The second-order valence-electron chi connectivity index (χ2n) is 5.43. The molecule has 1 heterocycles. The lowest BCUT2D eigenvalue weighted by Gasteiger charge is -2.08. The van der Waals surface area contributed by atoms with Crippen molar-refractivity contribution in [1.29, 1.82) is 0 Å². The Morgan fingerprint density at radius 2 is 2.04 bits per heavy atom. The molecule has 1 aromatic heterocycles. The first-order valence-corrected chi connectivity index (χ1v) is 8.02. The van der Waals surface area contributed by atoms with Crippen molar-refractivity contribution >= 4 is 40.1 Å². The molecule has 0 spiro atoms. The third-order valence-corrected chi connectivity index (χ3v) is 4.41. The number of aliphatic carboxylic acids is 1. The molecule has 1 unspecified atom stereocenters. The number of ether oxygens (including phenoxy) is 1. The normalized spacial score (nSPS) is 12.3. The van der Waals surface area contributed by atoms with Gasteiger partial charge in [0, 0.05) is 32.6 Å². The molecule has 0 radical (unpaired) electrons. The average Bonchev–Trinajstić information content (AvgIpc) is 2.96. The van der Waals surface area contributed by atoms with Gasteiger partial charge in [0.15, 0.2) is 0 Å². The molecule has 0 aliphatic carbocycles. The Morgan fingerprint density at radius 1 is 1.25 bits per heavy atom. The van der Waals surface area contributed by atoms with Gasteiger partial charge in [-0.25, -0.2) is 0 Å². The molecular formula is C18H14Cl2O4. The second-order valence-corrected chi connectivity index (χ2v) is 6.28. The van der Waals surface area contributed by atoms with Crippen LogP contribution >= 0.6 is 23.2 Å². The molecule has 6 heteroatoms. The highest BCUT2D eigenvalue weighted by Crippen LogP contribution is 2.31. The van der Waals surface area contributed by atoms with Crippen LogP contribution in [0.2, 0.25) is 10.0 Å². The van der Waals surface area contributed by atoms with Gasteiger partial charge < -0.3 is 14.3 Å². The van der Waals surface area contributed by atoms with Crippen molar-refractivity contribution in [2.24, 2.45) is 0 Å². The highest BCUT2D eigenvalue weighted by Gasteiger charge is 2.19. The summed E-state index contributed by atoms with van der Waals surface area (Å²) in [5.41, 5.74) is 2.04. The molecule has 1 atom stereocenters. The summed E-state index contributed by atoms with van der Waals surface area (Å²) in [7, 11) is 0. The van der Waals surface area contributed by atoms with Crippen molar-refractivity contribution in [3.05, 3.63) is 63.8 Å². The van der Waals surface area contributed by atoms with Crippen LogP contribution in [-0.2, 0) is 11.4 Å². The SMILES string of the molecule is CC(C(=O)O)c1coc2cc(OCc3ccc(Cl)cc3Cl)ccc12. The molecular weight excluding hydrogens is 351 g/mol. The number of carboxylic acid groups (broad SMARTS) is 1. The first-order chi connectivity index (χ1) is 11.5. The lowest BCUT2D eigenvalue weighted by molar-refractivity contribution is -0.138. The van der Waals surface area contributed by atoms with Crippen LogP contribution in [0, 0.1) is 0 Å². The van der Waals surface area contributed by atoms with Crippen LogP contribution in [0.3, 0.4) is 0 Å². The summed E-state index contributed by atoms with van der Waals surface area (Å²) in [6.07, 6.45) is 1.48. The van der Waals surface area contributed by atoms with Gasteiger partial charge in [0.25, 0.3) is 0 Å². The van der Waals surface area contributed by atoms with Crippen LogP contribution in [0.4, 0.5) is 0 Å². The molecule has 24 heavy (non-hydrogen) atoms. The van der Waals surface area contributed by atoms with Crippen LogP contribution in [0.25, 0.3) is 11.0 Å². The molecule has 0 saturated heterocycles. The van der Waals surface area contributed by atoms with E-state index in [1.54, 1.807) is 37.3 Å². The lowest BCUT2D eigenvalue weighted by Crippen LogP contribution is -2.06. The van der Waals surface area contributed by atoms with E-state index in [4.69, 9.17) is 37.5 Å². The van der Waals surface area contributed by atoms with E-state index in [9.17, 15) is 4.79 Å². The van der Waals surface area contributed by atoms with Crippen LogP contribution in [-0.4, -0.2) is 11.1 Å². The first kappa shape index (κ1) is 16.7. The van der Waals surface area contributed by atoms with Crippen LogP contribution in [0.15, 0.2) is 47.1 Å². The highest BCUT2D eigenvalue weighted by atomic mass is 35.5. The Bertz CT molecular complexity index is 901. The number of halogens is 2. The quantitative estimate of drug-likeness (QED) is 0.648. The highest BCUT2D eigenvalue weighted by molar-refractivity contribution is 6.35. The topological polar surface area (TPSA) is 59.7 Å². The standard InChI is InChI=1S/C18H14Cl2O4/c1-10(18(21)22)15-9-24-17-7-13(4-5-14(15)17)23-8-11-2-3-12(19)6-16(11)20/h2-7,9-10H,8H2,1H3,(H,21,22). The Hall–Kier alpha value is -2.17. The van der Waals surface area contributed by atoms with Gasteiger partial charge in [-0.2, -0.15) is 0 Å². The summed E-state index contributed by atoms with van der Waals surface area (Å²) in [5, 5.41) is 11.0. The van der Waals surface area contributed by atoms with E-state index < -0.39 is 11.9 Å². The van der Waals surface area contributed by atoms with Crippen LogP contribution in [0.1, 0.15) is 24.0 Å². The molecule has 124 valence electrons. The molecule has 0 amide bonds. The molecule has 4 nitrogen and oxygen atoms in total. The second kappa shape index (κ2) is 6.75. The number of furan rings is 1. The van der Waals surface area contributed by atoms with Crippen LogP contribution in [0.5, 0.6) is 5.75 Å². The number of carboxylic acids is 1. The van der Waals surface area contributed by atoms with Gasteiger partial charge >= 0.3 is 5.97 Å². The predicted octanol–water partition coefficient (Wildman–Crippen LogP) is 5.51. The maximum absolute atomic E-state index is 11.1. The van der Waals surface area contributed by atoms with Gasteiger partial charge in [0.1, 0.15) is 17.9 Å². The zero-order valence-corrected chi connectivity index (χ0v) is 14.3. The maximum atomic E-state index is 11.1. The zero-order valence-electron chi connectivity index (χ0n) is 12.8. The van der Waals surface area contributed by atoms with Crippen molar-refractivity contribution in [2.75, 3.05) is 0 Å². The van der Waals surface area contributed by atoms with Crippen molar-refractivity contribution in [3.63, 3.8) is 0 Å². The van der Waals surface area contributed by atoms with Crippen molar-refractivity contribution < 1.29 is 19.1 Å². The van der Waals surface area contributed by atoms with Crippen molar-refractivity contribution in [2.45, 2.75) is 19.4 Å². The Balaban J connectivity index is 1.80. The summed E-state index contributed by atoms with van der Waals surface area (Å²) in [6.45, 7) is 1.92. The molecule has 0 aliphatic rings. The third-order valence-electron chi connectivity index (χ3n) is 3.82. The predicted molar refractivity (Wildman–Crippen MR) is 93.1 cm³/mol. The van der Waals surface area contributed by atoms with Crippen LogP contribution < -0.4 is 4.74 Å². The van der Waals surface area contributed by atoms with Gasteiger partial charge in [-0.1, -0.05) is 29.3 Å². The fraction of sp³-hybridized carbons (Fsp3) is 0.167. The molecule has 0 fully saturated rings. The maximum Gasteiger partial charge on any atom is 0.310 e. The fourth-order valence-corrected chi connectivity index (χ4v) is 2.85. The van der Waals surface area contributed by atoms with E-state index in [0.29, 0.717) is 33.5 Å². The number of hydrogen-bond donors (Lipinski definition) is 1. The third kappa shape index (κ3) is 3.35. The Morgan fingerprint density at radius 3 is 2.75 bits per heavy atom. The summed E-state index contributed by atoms with van der Waals surface area (Å²) in [6, 6.07) is 10.5. The van der Waals surface area contributed by atoms with E-state index >= 15 is 0 Å². The van der Waals surface area contributed by atoms with E-state index in [0.717, 1.165) is 10.9 Å². The monoisotopic (exact) mass is 364 g/mol. The lowest BCUT2D eigenvalue weighted by atomic mass is 10.0. The summed E-state index contributed by atoms with van der Waals surface area (Å²) in [5.74, 6) is -0.918. The summed E-state index contributed by atoms with van der Waals surface area (Å²) in [4.78, 5) is 11.1. The van der Waals surface area contributed by atoms with E-state index in [-0.39, 0.29) is 0 Å². The number of carbonyl (C=O) groups is 1. The molecule has 0 bridgehead atoms. The smallest absolute Gasteiger partial charge is 0.310 e. The van der Waals surface area contributed by atoms with Crippen molar-refractivity contribution in [3.8, 4) is 5.75 Å². The van der Waals surface area contributed by atoms with Gasteiger partial charge in [-0.15, -0.1) is 0 Å². The van der Waals surface area contributed by atoms with E-state index in [1.807, 2.05) is 6.07 Å². The summed E-state index contributed by atoms with van der Waals surface area (Å²) >= 11 is 12.0. The average molecular weight is 365 g/mol. The molecule has 0 aliphatic heterocycles. The van der Waals surface area contributed by atoms with Gasteiger partial charge in [-0.3, -0.25) is 4.79 Å². The molecule has 0 saturated carbocycles. The minimum absolute atomic E-state index is 0.292. The summed E-state index contributed by atoms with van der Waals surface area (Å²) < 4.78 is 11.2. The van der Waals surface area contributed by atoms with Gasteiger partial charge in [0.2, 0.25) is 0 Å². The fourth-order valence-electron chi connectivity index (χ4n) is 2.39. The number of benzene rings is 2. The molecule has 3 rings (SSSR count). The zero-order chi connectivity index (χ0) is 17.3. The minimum Gasteiger partial charge on any atom is -0.489 e. The van der Waals surface area contributed by atoms with Gasteiger partial charge in [-0.05, 0) is 31.2 Å².